The molecular formula is C13H16N2O2. The summed E-state index contributed by atoms with van der Waals surface area (Å²) >= 11 is 0. The molecule has 2 N–H and O–H groups in total. The van der Waals surface area contributed by atoms with Gasteiger partial charge in [0.15, 0.2) is 0 Å². The molecule has 1 atom stereocenters. The predicted molar refractivity (Wildman–Crippen MR) is 64.6 cm³/mol. The number of phenols is 1. The highest BCUT2D eigenvalue weighted by atomic mass is 16.3. The first kappa shape index (κ1) is 13.0. The van der Waals surface area contributed by atoms with Gasteiger partial charge in [-0.3, -0.25) is 4.79 Å². The fraction of sp³-hybridized carbons (Fsp3) is 0.385. The van der Waals surface area contributed by atoms with Crippen molar-refractivity contribution in [2.45, 2.75) is 32.7 Å². The van der Waals surface area contributed by atoms with E-state index in [1.807, 2.05) is 13.0 Å². The SMILES string of the molecule is CCC(CC#N)NC(=O)c1cccc(O)c1C. The molecule has 0 aromatic heterocycles. The van der Waals surface area contributed by atoms with Crippen LogP contribution in [0.5, 0.6) is 5.75 Å². The third kappa shape index (κ3) is 3.22. The van der Waals surface area contributed by atoms with Gasteiger partial charge in [0.1, 0.15) is 5.75 Å². The fourth-order valence-electron chi connectivity index (χ4n) is 1.54. The number of amides is 1. The zero-order valence-corrected chi connectivity index (χ0v) is 10.0. The summed E-state index contributed by atoms with van der Waals surface area (Å²) in [5, 5.41) is 20.9. The van der Waals surface area contributed by atoms with Crippen molar-refractivity contribution in [3.63, 3.8) is 0 Å². The number of carbonyl (C=O) groups excluding carboxylic acids is 1. The zero-order chi connectivity index (χ0) is 12.8. The molecule has 17 heavy (non-hydrogen) atoms. The highest BCUT2D eigenvalue weighted by molar-refractivity contribution is 5.96. The van der Waals surface area contributed by atoms with E-state index in [0.29, 0.717) is 24.0 Å². The van der Waals surface area contributed by atoms with Crippen molar-refractivity contribution >= 4 is 5.91 Å². The molecule has 1 amide bonds. The Morgan fingerprint density at radius 3 is 2.88 bits per heavy atom. The van der Waals surface area contributed by atoms with Gasteiger partial charge in [0.25, 0.3) is 5.91 Å². The summed E-state index contributed by atoms with van der Waals surface area (Å²) in [5.41, 5.74) is 0.998. The van der Waals surface area contributed by atoms with Crippen LogP contribution in [0.15, 0.2) is 18.2 Å². The Morgan fingerprint density at radius 1 is 1.59 bits per heavy atom. The largest absolute Gasteiger partial charge is 0.508 e. The van der Waals surface area contributed by atoms with Crippen LogP contribution in [0.1, 0.15) is 35.7 Å². The van der Waals surface area contributed by atoms with Crippen LogP contribution in [0.2, 0.25) is 0 Å². The Morgan fingerprint density at radius 2 is 2.29 bits per heavy atom. The average Bonchev–Trinajstić information content (AvgIpc) is 2.31. The van der Waals surface area contributed by atoms with Gasteiger partial charge in [0, 0.05) is 17.2 Å². The molecule has 0 fully saturated rings. The lowest BCUT2D eigenvalue weighted by atomic mass is 10.1. The second-order valence-corrected chi connectivity index (χ2v) is 3.89. The van der Waals surface area contributed by atoms with E-state index in [1.54, 1.807) is 25.1 Å². The third-order valence-corrected chi connectivity index (χ3v) is 2.72. The van der Waals surface area contributed by atoms with E-state index in [9.17, 15) is 9.90 Å². The molecule has 0 heterocycles. The number of benzene rings is 1. The summed E-state index contributed by atoms with van der Waals surface area (Å²) in [5.74, 6) is -0.147. The van der Waals surface area contributed by atoms with E-state index in [2.05, 4.69) is 5.32 Å². The molecule has 0 radical (unpaired) electrons. The Hall–Kier alpha value is -2.02. The molecule has 0 bridgehead atoms. The number of nitrogens with zero attached hydrogens (tertiary/aromatic N) is 1. The number of carbonyl (C=O) groups is 1. The van der Waals surface area contributed by atoms with Crippen molar-refractivity contribution in [1.29, 1.82) is 5.26 Å². The molecule has 4 heteroatoms. The van der Waals surface area contributed by atoms with E-state index >= 15 is 0 Å². The summed E-state index contributed by atoms with van der Waals surface area (Å²) < 4.78 is 0. The Balaban J connectivity index is 2.83. The molecule has 4 nitrogen and oxygen atoms in total. The Kier molecular flexibility index (Phi) is 4.53. The maximum atomic E-state index is 11.9. The van der Waals surface area contributed by atoms with Gasteiger partial charge in [0.2, 0.25) is 0 Å². The van der Waals surface area contributed by atoms with Crippen molar-refractivity contribution in [2.75, 3.05) is 0 Å². The molecule has 0 saturated heterocycles. The molecule has 0 aliphatic carbocycles. The van der Waals surface area contributed by atoms with Crippen LogP contribution in [-0.2, 0) is 0 Å². The van der Waals surface area contributed by atoms with E-state index in [-0.39, 0.29) is 17.7 Å². The molecule has 0 aliphatic heterocycles. The van der Waals surface area contributed by atoms with Gasteiger partial charge in [-0.15, -0.1) is 0 Å². The van der Waals surface area contributed by atoms with E-state index in [1.165, 1.54) is 0 Å². The zero-order valence-electron chi connectivity index (χ0n) is 10.0. The monoisotopic (exact) mass is 232 g/mol. The maximum absolute atomic E-state index is 11.9. The van der Waals surface area contributed by atoms with Gasteiger partial charge in [-0.25, -0.2) is 0 Å². The maximum Gasteiger partial charge on any atom is 0.251 e. The minimum Gasteiger partial charge on any atom is -0.508 e. The van der Waals surface area contributed by atoms with Crippen LogP contribution in [0.3, 0.4) is 0 Å². The lowest BCUT2D eigenvalue weighted by molar-refractivity contribution is 0.0935. The summed E-state index contributed by atoms with van der Waals surface area (Å²) in [7, 11) is 0. The average molecular weight is 232 g/mol. The van der Waals surface area contributed by atoms with E-state index < -0.39 is 0 Å². The lowest BCUT2D eigenvalue weighted by Gasteiger charge is -2.14. The van der Waals surface area contributed by atoms with Gasteiger partial charge in [-0.1, -0.05) is 13.0 Å². The third-order valence-electron chi connectivity index (χ3n) is 2.72. The summed E-state index contributed by atoms with van der Waals surface area (Å²) in [4.78, 5) is 11.9. The van der Waals surface area contributed by atoms with Crippen LogP contribution >= 0.6 is 0 Å². The molecule has 1 unspecified atom stereocenters. The first-order valence-electron chi connectivity index (χ1n) is 5.56. The van der Waals surface area contributed by atoms with Crippen molar-refractivity contribution in [2.24, 2.45) is 0 Å². The number of nitriles is 1. The standard InChI is InChI=1S/C13H16N2O2/c1-3-10(7-8-14)15-13(17)11-5-4-6-12(16)9(11)2/h4-6,10,16H,3,7H2,1-2H3,(H,15,17). The highest BCUT2D eigenvalue weighted by Gasteiger charge is 2.14. The second-order valence-electron chi connectivity index (χ2n) is 3.89. The van der Waals surface area contributed by atoms with E-state index in [4.69, 9.17) is 5.26 Å². The minimum absolute atomic E-state index is 0.103. The van der Waals surface area contributed by atoms with Crippen molar-refractivity contribution < 1.29 is 9.90 Å². The lowest BCUT2D eigenvalue weighted by Crippen LogP contribution is -2.34. The predicted octanol–water partition coefficient (Wildman–Crippen LogP) is 2.12. The number of hydrogen-bond acceptors (Lipinski definition) is 3. The topological polar surface area (TPSA) is 73.1 Å². The highest BCUT2D eigenvalue weighted by Crippen LogP contribution is 2.19. The summed E-state index contributed by atoms with van der Waals surface area (Å²) in [6.07, 6.45) is 0.997. The van der Waals surface area contributed by atoms with Crippen molar-refractivity contribution in [1.82, 2.24) is 5.32 Å². The molecule has 1 aromatic rings. The van der Waals surface area contributed by atoms with E-state index in [0.717, 1.165) is 0 Å². The molecular weight excluding hydrogens is 216 g/mol. The summed E-state index contributed by atoms with van der Waals surface area (Å²) in [6.45, 7) is 3.60. The van der Waals surface area contributed by atoms with Crippen LogP contribution in [-0.4, -0.2) is 17.1 Å². The van der Waals surface area contributed by atoms with Gasteiger partial charge in [-0.05, 0) is 25.5 Å². The molecule has 90 valence electrons. The molecule has 1 rings (SSSR count). The van der Waals surface area contributed by atoms with Gasteiger partial charge >= 0.3 is 0 Å². The number of hydrogen-bond donors (Lipinski definition) is 2. The van der Waals surface area contributed by atoms with Crippen LogP contribution < -0.4 is 5.32 Å². The van der Waals surface area contributed by atoms with Crippen LogP contribution in [0.4, 0.5) is 0 Å². The first-order valence-corrected chi connectivity index (χ1v) is 5.56. The first-order chi connectivity index (χ1) is 8.10. The number of aromatic hydroxyl groups is 1. The number of rotatable bonds is 4. The fourth-order valence-corrected chi connectivity index (χ4v) is 1.54. The van der Waals surface area contributed by atoms with Gasteiger partial charge < -0.3 is 10.4 Å². The molecule has 1 aromatic carbocycles. The number of phenolic OH excluding ortho intramolecular Hbond substituents is 1. The second kappa shape index (κ2) is 5.90. The number of nitrogens with one attached hydrogen (secondary N) is 1. The minimum atomic E-state index is -0.250. The Bertz CT molecular complexity index is 449. The molecule has 0 saturated carbocycles. The summed E-state index contributed by atoms with van der Waals surface area (Å²) in [6, 6.07) is 6.72. The molecule has 0 spiro atoms. The molecule has 0 aliphatic rings. The van der Waals surface area contributed by atoms with Gasteiger partial charge in [-0.2, -0.15) is 5.26 Å². The van der Waals surface area contributed by atoms with Crippen molar-refractivity contribution in [3.8, 4) is 11.8 Å². The van der Waals surface area contributed by atoms with Crippen LogP contribution in [0, 0.1) is 18.3 Å². The Labute approximate surface area is 101 Å². The normalized spacial score (nSPS) is 11.6. The smallest absolute Gasteiger partial charge is 0.251 e. The van der Waals surface area contributed by atoms with Crippen molar-refractivity contribution in [3.05, 3.63) is 29.3 Å². The van der Waals surface area contributed by atoms with Crippen LogP contribution in [0.25, 0.3) is 0 Å². The van der Waals surface area contributed by atoms with Gasteiger partial charge in [0.05, 0.1) is 12.5 Å². The quantitative estimate of drug-likeness (QED) is 0.835.